The Bertz CT molecular complexity index is 462. The molecule has 1 unspecified atom stereocenters. The number of hydrogen-bond acceptors (Lipinski definition) is 2. The van der Waals surface area contributed by atoms with Crippen LogP contribution in [0, 0.1) is 5.92 Å². The van der Waals surface area contributed by atoms with Gasteiger partial charge in [-0.25, -0.2) is 0 Å². The van der Waals surface area contributed by atoms with Gasteiger partial charge in [-0.2, -0.15) is 0 Å². The van der Waals surface area contributed by atoms with Crippen LogP contribution in [0.2, 0.25) is 0 Å². The van der Waals surface area contributed by atoms with Crippen molar-refractivity contribution in [1.82, 2.24) is 5.32 Å². The van der Waals surface area contributed by atoms with E-state index >= 15 is 0 Å². The van der Waals surface area contributed by atoms with Crippen molar-refractivity contribution in [3.8, 4) is 0 Å². The topological polar surface area (TPSA) is 21.3 Å². The van der Waals surface area contributed by atoms with E-state index in [2.05, 4.69) is 43.6 Å². The first-order valence-corrected chi connectivity index (χ1v) is 8.63. The summed E-state index contributed by atoms with van der Waals surface area (Å²) in [6.45, 7) is 3.36. The molecule has 0 spiro atoms. The maximum Gasteiger partial charge on any atom is 0.0835 e. The Balaban J connectivity index is 1.78. The number of fused-ring (bicyclic) bond motifs is 1. The number of aryl methyl sites for hydroxylation is 1. The third-order valence-electron chi connectivity index (χ3n) is 5.39. The molecular formula is C19H29NO. The lowest BCUT2D eigenvalue weighted by atomic mass is 9.78. The van der Waals surface area contributed by atoms with Gasteiger partial charge < -0.3 is 10.1 Å². The van der Waals surface area contributed by atoms with E-state index in [0.29, 0.717) is 6.10 Å². The second kappa shape index (κ2) is 6.50. The van der Waals surface area contributed by atoms with Crippen LogP contribution in [-0.4, -0.2) is 19.2 Å². The van der Waals surface area contributed by atoms with Gasteiger partial charge in [-0.3, -0.25) is 0 Å². The van der Waals surface area contributed by atoms with Crippen molar-refractivity contribution < 1.29 is 4.74 Å². The molecule has 3 rings (SSSR count). The van der Waals surface area contributed by atoms with E-state index in [0.717, 1.165) is 12.5 Å². The van der Waals surface area contributed by atoms with Crippen LogP contribution >= 0.6 is 0 Å². The summed E-state index contributed by atoms with van der Waals surface area (Å²) in [6.07, 6.45) is 8.96. The highest BCUT2D eigenvalue weighted by molar-refractivity contribution is 5.31. The highest BCUT2D eigenvalue weighted by Gasteiger charge is 2.38. The maximum absolute atomic E-state index is 6.77. The van der Waals surface area contributed by atoms with Gasteiger partial charge in [0.2, 0.25) is 0 Å². The quantitative estimate of drug-likeness (QED) is 0.894. The minimum Gasteiger partial charge on any atom is -0.366 e. The zero-order valence-electron chi connectivity index (χ0n) is 13.5. The first kappa shape index (κ1) is 15.1. The summed E-state index contributed by atoms with van der Waals surface area (Å²) in [5.41, 5.74) is 2.99. The zero-order chi connectivity index (χ0) is 14.7. The summed E-state index contributed by atoms with van der Waals surface area (Å²) in [6, 6.07) is 8.87. The number of rotatable bonds is 4. The fourth-order valence-electron chi connectivity index (χ4n) is 4.08. The van der Waals surface area contributed by atoms with Gasteiger partial charge in [0.15, 0.2) is 0 Å². The lowest BCUT2D eigenvalue weighted by Crippen LogP contribution is -2.46. The van der Waals surface area contributed by atoms with Crippen molar-refractivity contribution in [1.29, 1.82) is 0 Å². The second-order valence-electron chi connectivity index (χ2n) is 7.09. The van der Waals surface area contributed by atoms with Crippen molar-refractivity contribution in [2.24, 2.45) is 5.92 Å². The monoisotopic (exact) mass is 287 g/mol. The van der Waals surface area contributed by atoms with Crippen LogP contribution in [0.25, 0.3) is 0 Å². The van der Waals surface area contributed by atoms with E-state index in [9.17, 15) is 0 Å². The minimum absolute atomic E-state index is 0.0520. The largest absolute Gasteiger partial charge is 0.366 e. The van der Waals surface area contributed by atoms with Crippen LogP contribution in [-0.2, 0) is 11.2 Å². The average Bonchev–Trinajstić information content (AvgIpc) is 2.51. The lowest BCUT2D eigenvalue weighted by Gasteiger charge is -2.43. The molecule has 21 heavy (non-hydrogen) atoms. The van der Waals surface area contributed by atoms with Crippen LogP contribution in [0.15, 0.2) is 24.3 Å². The first-order valence-electron chi connectivity index (χ1n) is 8.63. The van der Waals surface area contributed by atoms with Gasteiger partial charge in [0.1, 0.15) is 0 Å². The molecule has 2 heteroatoms. The van der Waals surface area contributed by atoms with Gasteiger partial charge >= 0.3 is 0 Å². The summed E-state index contributed by atoms with van der Waals surface area (Å²) >= 11 is 0. The van der Waals surface area contributed by atoms with Crippen molar-refractivity contribution in [2.75, 3.05) is 13.6 Å². The van der Waals surface area contributed by atoms with Gasteiger partial charge in [-0.1, -0.05) is 31.2 Å². The molecule has 2 nitrogen and oxygen atoms in total. The minimum atomic E-state index is 0.0520. The van der Waals surface area contributed by atoms with Crippen LogP contribution in [0.3, 0.4) is 0 Å². The number of hydrogen-bond donors (Lipinski definition) is 1. The molecule has 1 fully saturated rings. The highest BCUT2D eigenvalue weighted by atomic mass is 16.5. The summed E-state index contributed by atoms with van der Waals surface area (Å²) in [5.74, 6) is 0.859. The second-order valence-corrected chi connectivity index (χ2v) is 7.09. The average molecular weight is 287 g/mol. The molecule has 1 saturated carbocycles. The Morgan fingerprint density at radius 3 is 2.71 bits per heavy atom. The Morgan fingerprint density at radius 1 is 1.19 bits per heavy atom. The first-order chi connectivity index (χ1) is 10.2. The molecule has 1 atom stereocenters. The number of ether oxygens (including phenoxy) is 1. The fraction of sp³-hybridized carbons (Fsp3) is 0.684. The summed E-state index contributed by atoms with van der Waals surface area (Å²) in [5, 5.41) is 3.38. The SMILES string of the molecule is CNCC1(OC2CCCc3ccccc32)CCC(C)CC1. The van der Waals surface area contributed by atoms with Crippen LogP contribution in [0.1, 0.15) is 62.7 Å². The number of nitrogens with one attached hydrogen (secondary N) is 1. The maximum atomic E-state index is 6.77. The summed E-state index contributed by atoms with van der Waals surface area (Å²) < 4.78 is 6.77. The van der Waals surface area contributed by atoms with E-state index in [1.807, 2.05) is 0 Å². The lowest BCUT2D eigenvalue weighted by molar-refractivity contribution is -0.123. The van der Waals surface area contributed by atoms with Crippen LogP contribution < -0.4 is 5.32 Å². The predicted octanol–water partition coefficient (Wildman–Crippen LogP) is 4.25. The van der Waals surface area contributed by atoms with Crippen molar-refractivity contribution in [2.45, 2.75) is 63.6 Å². The van der Waals surface area contributed by atoms with Gasteiger partial charge in [0, 0.05) is 6.54 Å². The van der Waals surface area contributed by atoms with E-state index < -0.39 is 0 Å². The molecule has 0 amide bonds. The van der Waals surface area contributed by atoms with Crippen LogP contribution in [0.5, 0.6) is 0 Å². The molecule has 0 aromatic heterocycles. The molecular weight excluding hydrogens is 258 g/mol. The highest BCUT2D eigenvalue weighted by Crippen LogP contribution is 2.41. The van der Waals surface area contributed by atoms with Crippen molar-refractivity contribution >= 4 is 0 Å². The zero-order valence-corrected chi connectivity index (χ0v) is 13.5. The van der Waals surface area contributed by atoms with Crippen molar-refractivity contribution in [3.05, 3.63) is 35.4 Å². The van der Waals surface area contributed by atoms with Gasteiger partial charge in [0.05, 0.1) is 11.7 Å². The van der Waals surface area contributed by atoms with E-state index in [1.54, 1.807) is 0 Å². The summed E-state index contributed by atoms with van der Waals surface area (Å²) in [7, 11) is 2.05. The van der Waals surface area contributed by atoms with E-state index in [4.69, 9.17) is 4.74 Å². The summed E-state index contributed by atoms with van der Waals surface area (Å²) in [4.78, 5) is 0. The van der Waals surface area contributed by atoms with E-state index in [1.165, 1.54) is 56.1 Å². The van der Waals surface area contributed by atoms with Gasteiger partial charge in [-0.05, 0) is 69.0 Å². The predicted molar refractivity (Wildman–Crippen MR) is 87.5 cm³/mol. The molecule has 0 saturated heterocycles. The Morgan fingerprint density at radius 2 is 1.95 bits per heavy atom. The Hall–Kier alpha value is -0.860. The molecule has 2 aliphatic carbocycles. The standard InChI is InChI=1S/C19H29NO/c1-15-10-12-19(13-11-15,14-20-2)21-18-9-5-7-16-6-3-4-8-17(16)18/h3-4,6,8,15,18,20H,5,7,9-14H2,1-2H3. The van der Waals surface area contributed by atoms with Gasteiger partial charge in [0.25, 0.3) is 0 Å². The molecule has 2 aliphatic rings. The molecule has 116 valence electrons. The molecule has 0 radical (unpaired) electrons. The smallest absolute Gasteiger partial charge is 0.0835 e. The molecule has 0 heterocycles. The molecule has 0 aliphatic heterocycles. The van der Waals surface area contributed by atoms with Crippen LogP contribution in [0.4, 0.5) is 0 Å². The normalized spacial score (nSPS) is 32.7. The van der Waals surface area contributed by atoms with Gasteiger partial charge in [-0.15, -0.1) is 0 Å². The Kier molecular flexibility index (Phi) is 4.66. The fourth-order valence-corrected chi connectivity index (χ4v) is 4.08. The molecule has 1 aromatic carbocycles. The van der Waals surface area contributed by atoms with E-state index in [-0.39, 0.29) is 5.60 Å². The molecule has 1 aromatic rings. The third-order valence-corrected chi connectivity index (χ3v) is 5.39. The molecule has 1 N–H and O–H groups in total. The molecule has 0 bridgehead atoms. The van der Waals surface area contributed by atoms with Crippen molar-refractivity contribution in [3.63, 3.8) is 0 Å². The third kappa shape index (κ3) is 3.32. The number of likely N-dealkylation sites (N-methyl/N-ethyl adjacent to an activating group) is 1. The number of benzene rings is 1. The Labute approximate surface area is 129 Å².